The van der Waals surface area contributed by atoms with Gasteiger partial charge >= 0.3 is 0 Å². The van der Waals surface area contributed by atoms with Crippen molar-refractivity contribution in [2.75, 3.05) is 17.2 Å². The number of nitrogen functional groups attached to an aromatic ring is 1. The SMILES string of the molecule is CC1(NCc2ccc(N)c(F)c2)CCS(=O)(=O)C1. The van der Waals surface area contributed by atoms with E-state index in [9.17, 15) is 12.8 Å². The van der Waals surface area contributed by atoms with Gasteiger partial charge in [0.15, 0.2) is 9.84 Å². The summed E-state index contributed by atoms with van der Waals surface area (Å²) >= 11 is 0. The molecule has 1 aromatic carbocycles. The maximum absolute atomic E-state index is 13.2. The first kappa shape index (κ1) is 13.3. The Morgan fingerprint density at radius 2 is 2.22 bits per heavy atom. The highest BCUT2D eigenvalue weighted by molar-refractivity contribution is 7.91. The molecule has 0 radical (unpaired) electrons. The zero-order valence-electron chi connectivity index (χ0n) is 10.2. The topological polar surface area (TPSA) is 72.2 Å². The lowest BCUT2D eigenvalue weighted by Gasteiger charge is -2.24. The fraction of sp³-hybridized carbons (Fsp3) is 0.500. The van der Waals surface area contributed by atoms with E-state index in [1.165, 1.54) is 12.1 Å². The minimum absolute atomic E-state index is 0.119. The lowest BCUT2D eigenvalue weighted by Crippen LogP contribution is -2.42. The molecule has 0 bridgehead atoms. The second kappa shape index (κ2) is 4.51. The number of halogens is 1. The average molecular weight is 272 g/mol. The smallest absolute Gasteiger partial charge is 0.152 e. The Hall–Kier alpha value is -1.14. The zero-order chi connectivity index (χ0) is 13.4. The Balaban J connectivity index is 2.02. The van der Waals surface area contributed by atoms with Crippen LogP contribution in [-0.4, -0.2) is 25.5 Å². The van der Waals surface area contributed by atoms with Crippen LogP contribution in [0.5, 0.6) is 0 Å². The van der Waals surface area contributed by atoms with Crippen molar-refractivity contribution in [1.82, 2.24) is 5.32 Å². The summed E-state index contributed by atoms with van der Waals surface area (Å²) < 4.78 is 36.1. The van der Waals surface area contributed by atoms with Gasteiger partial charge in [-0.3, -0.25) is 0 Å². The Labute approximate surface area is 106 Å². The normalized spacial score (nSPS) is 26.3. The van der Waals surface area contributed by atoms with Crippen LogP contribution < -0.4 is 11.1 Å². The summed E-state index contributed by atoms with van der Waals surface area (Å²) in [7, 11) is -2.93. The van der Waals surface area contributed by atoms with Crippen molar-refractivity contribution < 1.29 is 12.8 Å². The molecule has 1 heterocycles. The molecule has 2 rings (SSSR count). The molecule has 100 valence electrons. The molecule has 18 heavy (non-hydrogen) atoms. The Morgan fingerprint density at radius 3 is 2.78 bits per heavy atom. The van der Waals surface area contributed by atoms with Gasteiger partial charge in [-0.05, 0) is 31.0 Å². The van der Waals surface area contributed by atoms with Gasteiger partial charge in [0.1, 0.15) is 5.82 Å². The third kappa shape index (κ3) is 3.00. The molecule has 0 spiro atoms. The van der Waals surface area contributed by atoms with Gasteiger partial charge in [0.25, 0.3) is 0 Å². The predicted molar refractivity (Wildman–Crippen MR) is 69.3 cm³/mol. The van der Waals surface area contributed by atoms with Gasteiger partial charge in [-0.1, -0.05) is 6.07 Å². The van der Waals surface area contributed by atoms with Gasteiger partial charge in [0.05, 0.1) is 17.2 Å². The van der Waals surface area contributed by atoms with Crippen LogP contribution in [0.3, 0.4) is 0 Å². The van der Waals surface area contributed by atoms with Crippen LogP contribution in [0.4, 0.5) is 10.1 Å². The first-order valence-electron chi connectivity index (χ1n) is 5.79. The number of sulfone groups is 1. The summed E-state index contributed by atoms with van der Waals surface area (Å²) in [6.07, 6.45) is 0.590. The standard InChI is InChI=1S/C12H17FN2O2S/c1-12(4-5-18(16,17)8-12)15-7-9-2-3-11(14)10(13)6-9/h2-3,6,15H,4-5,7-8,14H2,1H3. The van der Waals surface area contributed by atoms with E-state index in [-0.39, 0.29) is 17.2 Å². The second-order valence-corrected chi connectivity index (χ2v) is 7.30. The van der Waals surface area contributed by atoms with Crippen molar-refractivity contribution >= 4 is 15.5 Å². The number of rotatable bonds is 3. The minimum Gasteiger partial charge on any atom is -0.396 e. The van der Waals surface area contributed by atoms with Gasteiger partial charge < -0.3 is 11.1 Å². The molecular weight excluding hydrogens is 255 g/mol. The van der Waals surface area contributed by atoms with E-state index in [0.717, 1.165) is 5.56 Å². The lowest BCUT2D eigenvalue weighted by atomic mass is 10.0. The van der Waals surface area contributed by atoms with Crippen molar-refractivity contribution in [3.05, 3.63) is 29.6 Å². The monoisotopic (exact) mass is 272 g/mol. The van der Waals surface area contributed by atoms with Crippen LogP contribution in [0.2, 0.25) is 0 Å². The van der Waals surface area contributed by atoms with Crippen molar-refractivity contribution in [2.45, 2.75) is 25.4 Å². The first-order chi connectivity index (χ1) is 8.30. The Kier molecular flexibility index (Phi) is 3.33. The molecule has 0 aliphatic carbocycles. The van der Waals surface area contributed by atoms with Crippen molar-refractivity contribution in [2.24, 2.45) is 0 Å². The number of nitrogens with two attached hydrogens (primary N) is 1. The molecule has 6 heteroatoms. The number of hydrogen-bond donors (Lipinski definition) is 2. The highest BCUT2D eigenvalue weighted by Crippen LogP contribution is 2.23. The number of hydrogen-bond acceptors (Lipinski definition) is 4. The van der Waals surface area contributed by atoms with Crippen molar-refractivity contribution in [3.8, 4) is 0 Å². The fourth-order valence-corrected chi connectivity index (χ4v) is 4.27. The molecule has 1 aliphatic heterocycles. The molecule has 0 aromatic heterocycles. The Bertz CT molecular complexity index is 559. The maximum atomic E-state index is 13.2. The fourth-order valence-electron chi connectivity index (χ4n) is 2.15. The number of nitrogens with one attached hydrogen (secondary N) is 1. The van der Waals surface area contributed by atoms with E-state index in [1.807, 2.05) is 6.92 Å². The molecule has 1 aromatic rings. The minimum atomic E-state index is -2.93. The van der Waals surface area contributed by atoms with Gasteiger partial charge in [-0.25, -0.2) is 12.8 Å². The largest absolute Gasteiger partial charge is 0.396 e. The van der Waals surface area contributed by atoms with Crippen LogP contribution in [-0.2, 0) is 16.4 Å². The molecule has 1 saturated heterocycles. The summed E-state index contributed by atoms with van der Waals surface area (Å²) in [6, 6.07) is 4.62. The predicted octanol–water partition coefficient (Wildman–Crippen LogP) is 1.07. The van der Waals surface area contributed by atoms with Crippen LogP contribution in [0.15, 0.2) is 18.2 Å². The van der Waals surface area contributed by atoms with E-state index >= 15 is 0 Å². The summed E-state index contributed by atoms with van der Waals surface area (Å²) in [4.78, 5) is 0. The van der Waals surface area contributed by atoms with Gasteiger partial charge in [-0.2, -0.15) is 0 Å². The van der Waals surface area contributed by atoms with E-state index in [2.05, 4.69) is 5.32 Å². The van der Waals surface area contributed by atoms with Crippen LogP contribution in [0, 0.1) is 5.82 Å². The highest BCUT2D eigenvalue weighted by atomic mass is 32.2. The maximum Gasteiger partial charge on any atom is 0.152 e. The zero-order valence-corrected chi connectivity index (χ0v) is 11.1. The van der Waals surface area contributed by atoms with E-state index in [1.54, 1.807) is 6.07 Å². The average Bonchev–Trinajstić information content (AvgIpc) is 2.56. The summed E-state index contributed by atoms with van der Waals surface area (Å²) in [6.45, 7) is 2.31. The third-order valence-corrected chi connectivity index (χ3v) is 5.19. The summed E-state index contributed by atoms with van der Waals surface area (Å²) in [5.41, 5.74) is 5.85. The molecular formula is C12H17FN2O2S. The van der Waals surface area contributed by atoms with Gasteiger partial charge in [-0.15, -0.1) is 0 Å². The van der Waals surface area contributed by atoms with Gasteiger partial charge in [0, 0.05) is 12.1 Å². The van der Waals surface area contributed by atoms with Gasteiger partial charge in [0.2, 0.25) is 0 Å². The molecule has 1 atom stereocenters. The molecule has 0 amide bonds. The quantitative estimate of drug-likeness (QED) is 0.808. The van der Waals surface area contributed by atoms with Crippen molar-refractivity contribution in [1.29, 1.82) is 0 Å². The van der Waals surface area contributed by atoms with E-state index in [4.69, 9.17) is 5.73 Å². The van der Waals surface area contributed by atoms with Crippen LogP contribution in [0.1, 0.15) is 18.9 Å². The number of anilines is 1. The van der Waals surface area contributed by atoms with Crippen molar-refractivity contribution in [3.63, 3.8) is 0 Å². The molecule has 1 aliphatic rings. The second-order valence-electron chi connectivity index (χ2n) is 5.11. The third-order valence-electron chi connectivity index (χ3n) is 3.29. The van der Waals surface area contributed by atoms with Crippen LogP contribution in [0.25, 0.3) is 0 Å². The first-order valence-corrected chi connectivity index (χ1v) is 7.61. The molecule has 1 unspecified atom stereocenters. The van der Waals surface area contributed by atoms with Crippen LogP contribution >= 0.6 is 0 Å². The Morgan fingerprint density at radius 1 is 1.50 bits per heavy atom. The van der Waals surface area contributed by atoms with E-state index < -0.39 is 21.2 Å². The summed E-state index contributed by atoms with van der Waals surface area (Å²) in [5.74, 6) is -0.0946. The molecule has 0 saturated carbocycles. The highest BCUT2D eigenvalue weighted by Gasteiger charge is 2.37. The molecule has 1 fully saturated rings. The molecule has 3 N–H and O–H groups in total. The summed E-state index contributed by atoms with van der Waals surface area (Å²) in [5, 5.41) is 3.19. The number of benzene rings is 1. The lowest BCUT2D eigenvalue weighted by molar-refractivity contribution is 0.395. The van der Waals surface area contributed by atoms with E-state index in [0.29, 0.717) is 13.0 Å². The molecule has 4 nitrogen and oxygen atoms in total.